The number of hydrogen-bond acceptors (Lipinski definition) is 1. The Morgan fingerprint density at radius 2 is 2.00 bits per heavy atom. The summed E-state index contributed by atoms with van der Waals surface area (Å²) in [7, 11) is 1.69. The van der Waals surface area contributed by atoms with Crippen LogP contribution in [0.1, 0.15) is 5.56 Å². The fourth-order valence-electron chi connectivity index (χ4n) is 2.16. The molecule has 0 N–H and O–H groups in total. The van der Waals surface area contributed by atoms with Crippen molar-refractivity contribution in [2.24, 2.45) is 0 Å². The Labute approximate surface area is 106 Å². The summed E-state index contributed by atoms with van der Waals surface area (Å²) in [5.74, 6) is 0.893. The summed E-state index contributed by atoms with van der Waals surface area (Å²) in [4.78, 5) is 0. The van der Waals surface area contributed by atoms with Crippen LogP contribution in [0, 0.1) is 6.20 Å². The van der Waals surface area contributed by atoms with Crippen LogP contribution < -0.4 is 4.74 Å². The van der Waals surface area contributed by atoms with Crippen molar-refractivity contribution < 1.29 is 4.74 Å². The van der Waals surface area contributed by atoms with Crippen molar-refractivity contribution in [1.29, 1.82) is 0 Å². The molecule has 0 saturated carbocycles. The van der Waals surface area contributed by atoms with Gasteiger partial charge in [0, 0.05) is 17.4 Å². The Balaban J connectivity index is 1.96. The second-order valence-electron chi connectivity index (χ2n) is 4.27. The van der Waals surface area contributed by atoms with Crippen molar-refractivity contribution in [2.45, 2.75) is 6.54 Å². The van der Waals surface area contributed by atoms with E-state index in [1.165, 1.54) is 16.5 Å². The third kappa shape index (κ3) is 1.97. The smallest absolute Gasteiger partial charge is 0.119 e. The van der Waals surface area contributed by atoms with E-state index in [1.54, 1.807) is 7.11 Å². The Hall–Kier alpha value is -2.22. The minimum Gasteiger partial charge on any atom is -0.497 e. The van der Waals surface area contributed by atoms with E-state index in [0.717, 1.165) is 12.3 Å². The molecular formula is C16H14NO. The Bertz CT molecular complexity index is 669. The summed E-state index contributed by atoms with van der Waals surface area (Å²) in [6, 6.07) is 18.5. The van der Waals surface area contributed by atoms with E-state index in [9.17, 15) is 0 Å². The van der Waals surface area contributed by atoms with Crippen molar-refractivity contribution in [1.82, 2.24) is 4.57 Å². The normalized spacial score (nSPS) is 10.7. The van der Waals surface area contributed by atoms with Gasteiger partial charge in [0.1, 0.15) is 5.75 Å². The molecular weight excluding hydrogens is 222 g/mol. The van der Waals surface area contributed by atoms with Crippen molar-refractivity contribution in [3.63, 3.8) is 0 Å². The molecule has 2 aromatic carbocycles. The molecule has 1 radical (unpaired) electrons. The molecule has 0 fully saturated rings. The molecule has 0 spiro atoms. The van der Waals surface area contributed by atoms with E-state index < -0.39 is 0 Å². The topological polar surface area (TPSA) is 14.2 Å². The second kappa shape index (κ2) is 4.57. The summed E-state index contributed by atoms with van der Waals surface area (Å²) in [5.41, 5.74) is 2.42. The molecule has 2 heteroatoms. The van der Waals surface area contributed by atoms with Gasteiger partial charge in [-0.3, -0.25) is 0 Å². The molecule has 0 atom stereocenters. The summed E-state index contributed by atoms with van der Waals surface area (Å²) in [5, 5.41) is 1.22. The molecule has 0 aliphatic rings. The van der Waals surface area contributed by atoms with E-state index in [0.29, 0.717) is 0 Å². The van der Waals surface area contributed by atoms with Crippen LogP contribution in [-0.4, -0.2) is 11.7 Å². The second-order valence-corrected chi connectivity index (χ2v) is 4.27. The molecule has 0 bridgehead atoms. The van der Waals surface area contributed by atoms with E-state index in [4.69, 9.17) is 4.74 Å². The molecule has 18 heavy (non-hydrogen) atoms. The minimum absolute atomic E-state index is 0.810. The van der Waals surface area contributed by atoms with Gasteiger partial charge in [0.05, 0.1) is 13.3 Å². The molecule has 0 amide bonds. The number of ether oxygens (including phenoxy) is 1. The highest BCUT2D eigenvalue weighted by atomic mass is 16.5. The van der Waals surface area contributed by atoms with Crippen molar-refractivity contribution in [3.05, 3.63) is 66.4 Å². The van der Waals surface area contributed by atoms with Gasteiger partial charge in [-0.05, 0) is 29.8 Å². The fourth-order valence-corrected chi connectivity index (χ4v) is 2.16. The number of para-hydroxylation sites is 1. The Morgan fingerprint density at radius 3 is 2.89 bits per heavy atom. The van der Waals surface area contributed by atoms with E-state index >= 15 is 0 Å². The number of rotatable bonds is 3. The highest BCUT2D eigenvalue weighted by molar-refractivity contribution is 5.79. The summed E-state index contributed by atoms with van der Waals surface area (Å²) in [6.45, 7) is 0.810. The predicted molar refractivity (Wildman–Crippen MR) is 72.9 cm³/mol. The minimum atomic E-state index is 0.810. The Morgan fingerprint density at radius 1 is 1.11 bits per heavy atom. The average molecular weight is 236 g/mol. The van der Waals surface area contributed by atoms with E-state index in [1.807, 2.05) is 24.3 Å². The molecule has 0 aliphatic carbocycles. The highest BCUT2D eigenvalue weighted by Crippen LogP contribution is 2.18. The van der Waals surface area contributed by atoms with Crippen molar-refractivity contribution in [2.75, 3.05) is 7.11 Å². The molecule has 0 aliphatic heterocycles. The van der Waals surface area contributed by atoms with Crippen LogP contribution >= 0.6 is 0 Å². The van der Waals surface area contributed by atoms with Gasteiger partial charge in [0.2, 0.25) is 0 Å². The first-order valence-corrected chi connectivity index (χ1v) is 5.96. The van der Waals surface area contributed by atoms with Crippen LogP contribution in [0.5, 0.6) is 5.75 Å². The van der Waals surface area contributed by atoms with Crippen molar-refractivity contribution >= 4 is 10.9 Å². The summed E-state index contributed by atoms with van der Waals surface area (Å²) >= 11 is 0. The molecule has 1 aromatic heterocycles. The molecule has 3 rings (SSSR count). The number of hydrogen-bond donors (Lipinski definition) is 0. The first kappa shape index (κ1) is 10.9. The zero-order chi connectivity index (χ0) is 12.4. The van der Waals surface area contributed by atoms with Crippen LogP contribution in [0.2, 0.25) is 0 Å². The van der Waals surface area contributed by atoms with Gasteiger partial charge in [-0.1, -0.05) is 30.3 Å². The number of nitrogens with zero attached hydrogens (tertiary/aromatic N) is 1. The van der Waals surface area contributed by atoms with E-state index in [-0.39, 0.29) is 0 Å². The number of benzene rings is 2. The lowest BCUT2D eigenvalue weighted by Gasteiger charge is -2.07. The van der Waals surface area contributed by atoms with Gasteiger partial charge in [0.15, 0.2) is 0 Å². The van der Waals surface area contributed by atoms with Gasteiger partial charge in [0.25, 0.3) is 0 Å². The van der Waals surface area contributed by atoms with Crippen LogP contribution in [0.3, 0.4) is 0 Å². The van der Waals surface area contributed by atoms with Gasteiger partial charge in [-0.25, -0.2) is 0 Å². The highest BCUT2D eigenvalue weighted by Gasteiger charge is 2.02. The quantitative estimate of drug-likeness (QED) is 0.679. The molecule has 1 heterocycles. The van der Waals surface area contributed by atoms with Gasteiger partial charge in [-0.15, -0.1) is 0 Å². The first-order valence-electron chi connectivity index (χ1n) is 5.96. The summed E-state index contributed by atoms with van der Waals surface area (Å²) < 4.78 is 7.37. The maximum atomic E-state index is 5.24. The molecule has 0 unspecified atom stereocenters. The molecule has 3 aromatic rings. The third-order valence-electron chi connectivity index (χ3n) is 3.08. The molecule has 0 saturated heterocycles. The van der Waals surface area contributed by atoms with Crippen LogP contribution in [0.25, 0.3) is 10.9 Å². The molecule has 2 nitrogen and oxygen atoms in total. The van der Waals surface area contributed by atoms with Crippen molar-refractivity contribution in [3.8, 4) is 5.75 Å². The zero-order valence-electron chi connectivity index (χ0n) is 10.3. The fraction of sp³-hybridized carbons (Fsp3) is 0.125. The standard InChI is InChI=1S/C16H14NO/c1-18-15-7-4-5-13(11-15)12-17-10-9-14-6-2-3-8-16(14)17/h2-9,11H,12H2,1H3. The lowest BCUT2D eigenvalue weighted by atomic mass is 10.2. The van der Waals surface area contributed by atoms with Gasteiger partial charge >= 0.3 is 0 Å². The van der Waals surface area contributed by atoms with Crippen LogP contribution in [0.15, 0.2) is 54.6 Å². The lowest BCUT2D eigenvalue weighted by Crippen LogP contribution is -1.98. The zero-order valence-corrected chi connectivity index (χ0v) is 10.3. The maximum absolute atomic E-state index is 5.24. The Kier molecular flexibility index (Phi) is 2.77. The lowest BCUT2D eigenvalue weighted by molar-refractivity contribution is 0.414. The van der Waals surface area contributed by atoms with Crippen LogP contribution in [-0.2, 0) is 6.54 Å². The van der Waals surface area contributed by atoms with Gasteiger partial charge in [-0.2, -0.15) is 0 Å². The maximum Gasteiger partial charge on any atom is 0.119 e. The number of methoxy groups -OCH3 is 1. The number of aromatic nitrogens is 1. The van der Waals surface area contributed by atoms with E-state index in [2.05, 4.69) is 41.1 Å². The van der Waals surface area contributed by atoms with Gasteiger partial charge < -0.3 is 9.30 Å². The largest absolute Gasteiger partial charge is 0.497 e. The predicted octanol–water partition coefficient (Wildman–Crippen LogP) is 3.50. The average Bonchev–Trinajstić information content (AvgIpc) is 2.83. The SMILES string of the molecule is COc1cccc(Cn2[c]cc3ccccc32)c1. The number of fused-ring (bicyclic) bond motifs is 1. The monoisotopic (exact) mass is 236 g/mol. The first-order chi connectivity index (χ1) is 8.86. The third-order valence-corrected chi connectivity index (χ3v) is 3.08. The van der Waals surface area contributed by atoms with Crippen LogP contribution in [0.4, 0.5) is 0 Å². The summed E-state index contributed by atoms with van der Waals surface area (Å²) in [6.07, 6.45) is 3.28. The molecule has 89 valence electrons.